The van der Waals surface area contributed by atoms with Crippen LogP contribution in [0.2, 0.25) is 0 Å². The maximum absolute atomic E-state index is 11.4. The second kappa shape index (κ2) is 5.99. The molecule has 0 radical (unpaired) electrons. The molecule has 2 rings (SSSR count). The number of hydrogen-bond donors (Lipinski definition) is 1. The number of anilines is 1. The number of aromatic nitrogens is 2. The third-order valence-corrected chi connectivity index (χ3v) is 3.60. The molecule has 104 valence electrons. The summed E-state index contributed by atoms with van der Waals surface area (Å²) in [6.07, 6.45) is 5.82. The fourth-order valence-electron chi connectivity index (χ4n) is 2.60. The normalized spacial score (nSPS) is 19.5. The largest absolute Gasteiger partial charge is 0.369 e. The van der Waals surface area contributed by atoms with Crippen molar-refractivity contribution in [2.24, 2.45) is 11.7 Å². The van der Waals surface area contributed by atoms with Gasteiger partial charge in [-0.3, -0.25) is 4.79 Å². The van der Waals surface area contributed by atoms with Crippen LogP contribution in [0.15, 0.2) is 6.20 Å². The Kier molecular flexibility index (Phi) is 4.35. The molecule has 2 heterocycles. The molecule has 19 heavy (non-hydrogen) atoms. The first kappa shape index (κ1) is 13.8. The highest BCUT2D eigenvalue weighted by Crippen LogP contribution is 2.25. The minimum Gasteiger partial charge on any atom is -0.369 e. The molecule has 1 saturated heterocycles. The van der Waals surface area contributed by atoms with Crippen molar-refractivity contribution < 1.29 is 4.79 Å². The minimum absolute atomic E-state index is 0.0569. The lowest BCUT2D eigenvalue weighted by Gasteiger charge is -2.33. The van der Waals surface area contributed by atoms with Crippen LogP contribution in [0.1, 0.15) is 37.6 Å². The van der Waals surface area contributed by atoms with E-state index in [1.165, 1.54) is 5.56 Å². The fraction of sp³-hybridized carbons (Fsp3) is 0.643. The van der Waals surface area contributed by atoms with Gasteiger partial charge in [0.2, 0.25) is 5.91 Å². The van der Waals surface area contributed by atoms with Crippen molar-refractivity contribution in [2.75, 3.05) is 18.0 Å². The molecule has 1 fully saturated rings. The smallest absolute Gasteiger partial charge is 0.222 e. The van der Waals surface area contributed by atoms with Crippen molar-refractivity contribution in [2.45, 2.75) is 39.5 Å². The average molecular weight is 262 g/mol. The van der Waals surface area contributed by atoms with Gasteiger partial charge in [-0.05, 0) is 26.2 Å². The quantitative estimate of drug-likeness (QED) is 0.891. The van der Waals surface area contributed by atoms with Crippen LogP contribution >= 0.6 is 0 Å². The highest BCUT2D eigenvalue weighted by Gasteiger charge is 2.26. The summed E-state index contributed by atoms with van der Waals surface area (Å²) in [4.78, 5) is 22.4. The van der Waals surface area contributed by atoms with Crippen LogP contribution in [0.5, 0.6) is 0 Å². The van der Waals surface area contributed by atoms with E-state index in [2.05, 4.69) is 21.8 Å². The van der Waals surface area contributed by atoms with E-state index >= 15 is 0 Å². The van der Waals surface area contributed by atoms with Crippen LogP contribution < -0.4 is 10.6 Å². The number of nitrogens with two attached hydrogens (primary N) is 1. The zero-order valence-electron chi connectivity index (χ0n) is 11.7. The Labute approximate surface area is 114 Å². The molecule has 0 unspecified atom stereocenters. The number of piperidine rings is 1. The van der Waals surface area contributed by atoms with E-state index in [9.17, 15) is 4.79 Å². The lowest BCUT2D eigenvalue weighted by atomic mass is 9.97. The number of rotatable bonds is 4. The zero-order chi connectivity index (χ0) is 13.8. The first-order valence-electron chi connectivity index (χ1n) is 6.98. The Morgan fingerprint density at radius 2 is 2.37 bits per heavy atom. The Bertz CT molecular complexity index is 461. The van der Waals surface area contributed by atoms with Crippen LogP contribution in [0, 0.1) is 12.8 Å². The molecular formula is C14H22N4O. The van der Waals surface area contributed by atoms with Gasteiger partial charge < -0.3 is 10.6 Å². The van der Waals surface area contributed by atoms with Crippen molar-refractivity contribution in [3.63, 3.8) is 0 Å². The molecule has 1 aromatic heterocycles. The Hall–Kier alpha value is -1.65. The molecule has 1 aliphatic rings. The summed E-state index contributed by atoms with van der Waals surface area (Å²) in [5.41, 5.74) is 6.60. The predicted molar refractivity (Wildman–Crippen MR) is 74.9 cm³/mol. The standard InChI is InChI=1S/C14H22N4O/c1-3-5-11-8-16-10(2)17-14(11)18-7-4-6-12(9-18)13(15)19/h8,12H,3-7,9H2,1-2H3,(H2,15,19)/t12-/m0/s1. The first-order chi connectivity index (χ1) is 9.11. The lowest BCUT2D eigenvalue weighted by Crippen LogP contribution is -2.42. The van der Waals surface area contributed by atoms with Crippen molar-refractivity contribution in [1.29, 1.82) is 0 Å². The number of hydrogen-bond acceptors (Lipinski definition) is 4. The molecular weight excluding hydrogens is 240 g/mol. The maximum atomic E-state index is 11.4. The van der Waals surface area contributed by atoms with Gasteiger partial charge in [-0.2, -0.15) is 0 Å². The van der Waals surface area contributed by atoms with E-state index in [0.717, 1.165) is 43.9 Å². The number of carbonyl (C=O) groups excluding carboxylic acids is 1. The van der Waals surface area contributed by atoms with E-state index in [4.69, 9.17) is 5.73 Å². The Balaban J connectivity index is 2.24. The van der Waals surface area contributed by atoms with Gasteiger partial charge in [0.15, 0.2) is 0 Å². The molecule has 0 bridgehead atoms. The molecule has 5 nitrogen and oxygen atoms in total. The van der Waals surface area contributed by atoms with Gasteiger partial charge in [0.1, 0.15) is 11.6 Å². The van der Waals surface area contributed by atoms with Gasteiger partial charge in [0.25, 0.3) is 0 Å². The molecule has 0 saturated carbocycles. The third kappa shape index (κ3) is 3.22. The number of nitrogens with zero attached hydrogens (tertiary/aromatic N) is 3. The predicted octanol–water partition coefficient (Wildman–Crippen LogP) is 1.44. The van der Waals surface area contributed by atoms with E-state index in [-0.39, 0.29) is 11.8 Å². The van der Waals surface area contributed by atoms with E-state index in [1.54, 1.807) is 0 Å². The average Bonchev–Trinajstić information content (AvgIpc) is 2.41. The molecule has 1 aliphatic heterocycles. The van der Waals surface area contributed by atoms with Gasteiger partial charge in [-0.15, -0.1) is 0 Å². The summed E-state index contributed by atoms with van der Waals surface area (Å²) >= 11 is 0. The monoisotopic (exact) mass is 262 g/mol. The van der Waals surface area contributed by atoms with Crippen LogP contribution in [0.3, 0.4) is 0 Å². The molecule has 0 aliphatic carbocycles. The van der Waals surface area contributed by atoms with Crippen molar-refractivity contribution in [3.8, 4) is 0 Å². The minimum atomic E-state index is -0.201. The molecule has 5 heteroatoms. The van der Waals surface area contributed by atoms with Gasteiger partial charge >= 0.3 is 0 Å². The zero-order valence-corrected chi connectivity index (χ0v) is 11.7. The Morgan fingerprint density at radius 3 is 3.05 bits per heavy atom. The third-order valence-electron chi connectivity index (χ3n) is 3.60. The summed E-state index contributed by atoms with van der Waals surface area (Å²) in [5.74, 6) is 1.50. The second-order valence-corrected chi connectivity index (χ2v) is 5.20. The topological polar surface area (TPSA) is 72.1 Å². The molecule has 0 aromatic carbocycles. The molecule has 2 N–H and O–H groups in total. The van der Waals surface area contributed by atoms with Gasteiger partial charge in [-0.1, -0.05) is 13.3 Å². The maximum Gasteiger partial charge on any atom is 0.222 e. The van der Waals surface area contributed by atoms with Gasteiger partial charge in [0.05, 0.1) is 5.92 Å². The number of aryl methyl sites for hydroxylation is 2. The van der Waals surface area contributed by atoms with Crippen LogP contribution in [0.4, 0.5) is 5.82 Å². The molecule has 1 aromatic rings. The molecule has 1 amide bonds. The highest BCUT2D eigenvalue weighted by atomic mass is 16.1. The van der Waals surface area contributed by atoms with Crippen LogP contribution in [0.25, 0.3) is 0 Å². The van der Waals surface area contributed by atoms with Crippen molar-refractivity contribution in [3.05, 3.63) is 17.6 Å². The van der Waals surface area contributed by atoms with Gasteiger partial charge in [0, 0.05) is 24.8 Å². The lowest BCUT2D eigenvalue weighted by molar-refractivity contribution is -0.122. The fourth-order valence-corrected chi connectivity index (χ4v) is 2.60. The molecule has 1 atom stereocenters. The van der Waals surface area contributed by atoms with E-state index in [0.29, 0.717) is 6.54 Å². The number of carbonyl (C=O) groups is 1. The van der Waals surface area contributed by atoms with E-state index in [1.807, 2.05) is 13.1 Å². The summed E-state index contributed by atoms with van der Waals surface area (Å²) in [7, 11) is 0. The SMILES string of the molecule is CCCc1cnc(C)nc1N1CCC[C@H](C(N)=O)C1. The Morgan fingerprint density at radius 1 is 1.58 bits per heavy atom. The number of amides is 1. The first-order valence-corrected chi connectivity index (χ1v) is 6.98. The van der Waals surface area contributed by atoms with Gasteiger partial charge in [-0.25, -0.2) is 9.97 Å². The van der Waals surface area contributed by atoms with Crippen molar-refractivity contribution in [1.82, 2.24) is 9.97 Å². The van der Waals surface area contributed by atoms with E-state index < -0.39 is 0 Å². The summed E-state index contributed by atoms with van der Waals surface area (Å²) < 4.78 is 0. The van der Waals surface area contributed by atoms with Crippen LogP contribution in [-0.4, -0.2) is 29.0 Å². The van der Waals surface area contributed by atoms with Crippen LogP contribution in [-0.2, 0) is 11.2 Å². The van der Waals surface area contributed by atoms with Crippen molar-refractivity contribution >= 4 is 11.7 Å². The summed E-state index contributed by atoms with van der Waals surface area (Å²) in [6.45, 7) is 5.67. The highest BCUT2D eigenvalue weighted by molar-refractivity contribution is 5.77. The second-order valence-electron chi connectivity index (χ2n) is 5.20. The summed E-state index contributed by atoms with van der Waals surface area (Å²) in [5, 5.41) is 0. The number of primary amides is 1. The molecule has 0 spiro atoms. The summed E-state index contributed by atoms with van der Waals surface area (Å²) in [6, 6.07) is 0.